The van der Waals surface area contributed by atoms with E-state index >= 15 is 0 Å². The Morgan fingerprint density at radius 3 is 1.00 bits per heavy atom. The van der Waals surface area contributed by atoms with Gasteiger partial charge in [0.2, 0.25) is 0 Å². The van der Waals surface area contributed by atoms with Gasteiger partial charge < -0.3 is 9.80 Å². The van der Waals surface area contributed by atoms with Crippen LogP contribution in [0.15, 0.2) is 158 Å². The molecule has 0 bridgehead atoms. The number of aryl methyl sites for hydroxylation is 2. The molecular formula is C40H34N2. The number of hydrogen-bond acceptors (Lipinski definition) is 2. The molecule has 0 saturated carbocycles. The molecule has 0 aliphatic carbocycles. The Bertz CT molecular complexity index is 1700. The van der Waals surface area contributed by atoms with Gasteiger partial charge in [-0.05, 0) is 109 Å². The van der Waals surface area contributed by atoms with Gasteiger partial charge in [-0.25, -0.2) is 0 Å². The molecule has 0 spiro atoms. The van der Waals surface area contributed by atoms with Gasteiger partial charge in [-0.3, -0.25) is 0 Å². The topological polar surface area (TPSA) is 6.48 Å². The van der Waals surface area contributed by atoms with Crippen LogP contribution in [0.3, 0.4) is 0 Å². The lowest BCUT2D eigenvalue weighted by Crippen LogP contribution is -2.10. The fraction of sp³-hybridized carbons (Fsp3) is 0.0500. The Kier molecular flexibility index (Phi) is 7.96. The maximum Gasteiger partial charge on any atom is 0.0466 e. The van der Waals surface area contributed by atoms with Gasteiger partial charge in [-0.1, -0.05) is 97.1 Å². The Balaban J connectivity index is 1.24. The molecule has 0 aromatic heterocycles. The van der Waals surface area contributed by atoms with E-state index in [2.05, 4.69) is 194 Å². The molecule has 42 heavy (non-hydrogen) atoms. The molecule has 0 aliphatic heterocycles. The molecule has 6 aromatic rings. The fourth-order valence-electron chi connectivity index (χ4n) is 5.37. The summed E-state index contributed by atoms with van der Waals surface area (Å²) in [6.45, 7) is 4.31. The van der Waals surface area contributed by atoms with E-state index in [0.717, 1.165) is 39.6 Å². The monoisotopic (exact) mass is 542 g/mol. The van der Waals surface area contributed by atoms with Crippen LogP contribution in [0.5, 0.6) is 0 Å². The molecule has 2 heteroatoms. The van der Waals surface area contributed by atoms with Crippen LogP contribution in [-0.4, -0.2) is 0 Å². The van der Waals surface area contributed by atoms with Crippen molar-refractivity contribution in [2.75, 3.05) is 9.80 Å². The summed E-state index contributed by atoms with van der Waals surface area (Å²) >= 11 is 0. The zero-order chi connectivity index (χ0) is 28.7. The van der Waals surface area contributed by atoms with Crippen molar-refractivity contribution in [1.29, 1.82) is 0 Å². The maximum atomic E-state index is 2.32. The number of rotatable bonds is 8. The zero-order valence-electron chi connectivity index (χ0n) is 24.1. The standard InChI is InChI=1S/C40H34N2/c1-31-28-32(2)30-40(29-31)42(37-16-10-5-11-17-37)39-26-22-34(23-27-39)19-18-33-20-24-38(25-21-33)41(35-12-6-3-7-13-35)36-14-8-4-9-15-36/h3-30H,1-2H3. The minimum atomic E-state index is 1.13. The van der Waals surface area contributed by atoms with Crippen molar-refractivity contribution < 1.29 is 0 Å². The zero-order valence-corrected chi connectivity index (χ0v) is 24.1. The summed E-state index contributed by atoms with van der Waals surface area (Å²) in [6, 6.07) is 55.7. The molecule has 0 saturated heterocycles. The minimum Gasteiger partial charge on any atom is -0.311 e. The average molecular weight is 543 g/mol. The lowest BCUT2D eigenvalue weighted by atomic mass is 10.1. The van der Waals surface area contributed by atoms with Crippen LogP contribution in [0.1, 0.15) is 22.3 Å². The van der Waals surface area contributed by atoms with Crippen molar-refractivity contribution in [2.45, 2.75) is 13.8 Å². The lowest BCUT2D eigenvalue weighted by molar-refractivity contribution is 1.25. The van der Waals surface area contributed by atoms with Crippen LogP contribution in [0.2, 0.25) is 0 Å². The maximum absolute atomic E-state index is 2.32. The van der Waals surface area contributed by atoms with Gasteiger partial charge in [0, 0.05) is 34.1 Å². The third-order valence-electron chi connectivity index (χ3n) is 7.28. The molecule has 0 aliphatic rings. The van der Waals surface area contributed by atoms with Crippen LogP contribution < -0.4 is 9.80 Å². The van der Waals surface area contributed by atoms with E-state index < -0.39 is 0 Å². The van der Waals surface area contributed by atoms with Crippen molar-refractivity contribution in [2.24, 2.45) is 0 Å². The first-order chi connectivity index (χ1) is 20.6. The van der Waals surface area contributed by atoms with E-state index in [0.29, 0.717) is 0 Å². The number of nitrogens with zero attached hydrogens (tertiary/aromatic N) is 2. The van der Waals surface area contributed by atoms with Gasteiger partial charge in [0.05, 0.1) is 0 Å². The predicted molar refractivity (Wildman–Crippen MR) is 181 cm³/mol. The van der Waals surface area contributed by atoms with Crippen molar-refractivity contribution in [3.8, 4) is 0 Å². The second-order valence-corrected chi connectivity index (χ2v) is 10.5. The highest BCUT2D eigenvalue weighted by molar-refractivity contribution is 5.80. The smallest absolute Gasteiger partial charge is 0.0466 e. The van der Waals surface area contributed by atoms with Gasteiger partial charge in [-0.15, -0.1) is 0 Å². The summed E-state index contributed by atoms with van der Waals surface area (Å²) in [6.07, 6.45) is 4.35. The van der Waals surface area contributed by atoms with Crippen LogP contribution in [-0.2, 0) is 0 Å². The summed E-state index contributed by atoms with van der Waals surface area (Å²) in [5.74, 6) is 0. The van der Waals surface area contributed by atoms with Gasteiger partial charge in [0.15, 0.2) is 0 Å². The first kappa shape index (κ1) is 26.9. The Hall–Kier alpha value is -5.34. The fourth-order valence-corrected chi connectivity index (χ4v) is 5.37. The molecule has 204 valence electrons. The summed E-state index contributed by atoms with van der Waals surface area (Å²) in [7, 11) is 0. The van der Waals surface area contributed by atoms with Crippen LogP contribution in [0.4, 0.5) is 34.1 Å². The van der Waals surface area contributed by atoms with E-state index in [-0.39, 0.29) is 0 Å². The normalized spacial score (nSPS) is 11.0. The third-order valence-corrected chi connectivity index (χ3v) is 7.28. The first-order valence-electron chi connectivity index (χ1n) is 14.4. The highest BCUT2D eigenvalue weighted by atomic mass is 15.1. The van der Waals surface area contributed by atoms with Gasteiger partial charge in [0.25, 0.3) is 0 Å². The molecule has 0 radical (unpaired) electrons. The number of benzene rings is 6. The SMILES string of the molecule is Cc1cc(C)cc(N(c2ccccc2)c2ccc(C=Cc3ccc(N(c4ccccc4)c4ccccc4)cc3)cc2)c1. The molecule has 6 aromatic carbocycles. The van der Waals surface area contributed by atoms with E-state index in [1.807, 2.05) is 0 Å². The van der Waals surface area contributed by atoms with E-state index in [1.54, 1.807) is 0 Å². The van der Waals surface area contributed by atoms with Gasteiger partial charge >= 0.3 is 0 Å². The summed E-state index contributed by atoms with van der Waals surface area (Å²) in [4.78, 5) is 4.60. The van der Waals surface area contributed by atoms with E-state index in [9.17, 15) is 0 Å². The van der Waals surface area contributed by atoms with Crippen LogP contribution in [0, 0.1) is 13.8 Å². The average Bonchev–Trinajstić information content (AvgIpc) is 3.03. The third kappa shape index (κ3) is 6.19. The lowest BCUT2D eigenvalue weighted by Gasteiger charge is -2.26. The Morgan fingerprint density at radius 2 is 0.643 bits per heavy atom. The van der Waals surface area contributed by atoms with Crippen LogP contribution >= 0.6 is 0 Å². The molecule has 2 nitrogen and oxygen atoms in total. The van der Waals surface area contributed by atoms with Gasteiger partial charge in [0.1, 0.15) is 0 Å². The molecule has 0 amide bonds. The number of para-hydroxylation sites is 3. The van der Waals surface area contributed by atoms with Gasteiger partial charge in [-0.2, -0.15) is 0 Å². The molecule has 0 N–H and O–H groups in total. The van der Waals surface area contributed by atoms with Crippen molar-refractivity contribution in [3.63, 3.8) is 0 Å². The Morgan fingerprint density at radius 1 is 0.333 bits per heavy atom. The first-order valence-corrected chi connectivity index (χ1v) is 14.4. The van der Waals surface area contributed by atoms with Crippen LogP contribution in [0.25, 0.3) is 12.2 Å². The summed E-state index contributed by atoms with van der Waals surface area (Å²) < 4.78 is 0. The number of hydrogen-bond donors (Lipinski definition) is 0. The molecule has 0 heterocycles. The van der Waals surface area contributed by atoms with E-state index in [1.165, 1.54) is 16.8 Å². The summed E-state index contributed by atoms with van der Waals surface area (Å²) in [5.41, 5.74) is 11.7. The van der Waals surface area contributed by atoms with Crippen molar-refractivity contribution in [3.05, 3.63) is 180 Å². The highest BCUT2D eigenvalue weighted by Gasteiger charge is 2.13. The molecule has 0 unspecified atom stereocenters. The highest BCUT2D eigenvalue weighted by Crippen LogP contribution is 2.36. The molecular weight excluding hydrogens is 508 g/mol. The molecule has 6 rings (SSSR count). The largest absolute Gasteiger partial charge is 0.311 e. The Labute approximate surface area is 249 Å². The molecule has 0 fully saturated rings. The van der Waals surface area contributed by atoms with E-state index in [4.69, 9.17) is 0 Å². The predicted octanol–water partition coefficient (Wildman–Crippen LogP) is 11.4. The molecule has 0 atom stereocenters. The second-order valence-electron chi connectivity index (χ2n) is 10.5. The quantitative estimate of drug-likeness (QED) is 0.176. The van der Waals surface area contributed by atoms with Crippen molar-refractivity contribution >= 4 is 46.3 Å². The van der Waals surface area contributed by atoms with Crippen molar-refractivity contribution in [1.82, 2.24) is 0 Å². The second kappa shape index (κ2) is 12.4. The minimum absolute atomic E-state index is 1.13. The number of anilines is 6. The summed E-state index contributed by atoms with van der Waals surface area (Å²) in [5, 5.41) is 0.